The fourth-order valence-electron chi connectivity index (χ4n) is 2.97. The number of hydrogen-bond acceptors (Lipinski definition) is 4. The number of amides is 1. The van der Waals surface area contributed by atoms with Crippen molar-refractivity contribution in [3.63, 3.8) is 0 Å². The van der Waals surface area contributed by atoms with E-state index in [9.17, 15) is 17.6 Å². The van der Waals surface area contributed by atoms with Crippen LogP contribution in [0.1, 0.15) is 18.5 Å². The smallest absolute Gasteiger partial charge is 0.243 e. The molecule has 1 aliphatic heterocycles. The second-order valence-electron chi connectivity index (χ2n) is 6.01. The second-order valence-corrected chi connectivity index (χ2v) is 7.90. The van der Waals surface area contributed by atoms with Crippen molar-refractivity contribution in [2.24, 2.45) is 7.05 Å². The highest BCUT2D eigenvalue weighted by Crippen LogP contribution is 2.27. The van der Waals surface area contributed by atoms with Gasteiger partial charge in [-0.15, -0.1) is 0 Å². The molecule has 0 unspecified atom stereocenters. The Morgan fingerprint density at radius 3 is 2.60 bits per heavy atom. The van der Waals surface area contributed by atoms with Crippen LogP contribution in [-0.2, 0) is 21.9 Å². The molecule has 1 aromatic heterocycles. The second kappa shape index (κ2) is 6.57. The lowest BCUT2D eigenvalue weighted by molar-refractivity contribution is -0.119. The number of halogens is 1. The number of benzene rings is 1. The Balaban J connectivity index is 1.83. The first kappa shape index (κ1) is 17.6. The summed E-state index contributed by atoms with van der Waals surface area (Å²) in [7, 11) is -2.16. The minimum atomic E-state index is -3.86. The zero-order chi connectivity index (χ0) is 18.2. The van der Waals surface area contributed by atoms with E-state index in [1.54, 1.807) is 20.0 Å². The number of anilines is 1. The van der Waals surface area contributed by atoms with Gasteiger partial charge in [0, 0.05) is 19.7 Å². The van der Waals surface area contributed by atoms with Gasteiger partial charge in [0.2, 0.25) is 15.9 Å². The maximum Gasteiger partial charge on any atom is 0.243 e. The van der Waals surface area contributed by atoms with E-state index >= 15 is 0 Å². The monoisotopic (exact) mass is 366 g/mol. The molecule has 0 aliphatic carbocycles. The minimum Gasteiger partial charge on any atom is -0.310 e. The van der Waals surface area contributed by atoms with Gasteiger partial charge in [0.05, 0.1) is 10.6 Å². The van der Waals surface area contributed by atoms with Crippen LogP contribution in [0.4, 0.5) is 10.2 Å². The lowest BCUT2D eigenvalue weighted by Gasteiger charge is -2.23. The minimum absolute atomic E-state index is 0.0232. The van der Waals surface area contributed by atoms with Gasteiger partial charge in [0.15, 0.2) is 0 Å². The first-order valence-corrected chi connectivity index (χ1v) is 9.32. The third-order valence-corrected chi connectivity index (χ3v) is 6.10. The predicted octanol–water partition coefficient (Wildman–Crippen LogP) is 1.66. The van der Waals surface area contributed by atoms with Crippen LogP contribution in [0.2, 0.25) is 0 Å². The average molecular weight is 366 g/mol. The van der Waals surface area contributed by atoms with Crippen molar-refractivity contribution in [2.75, 3.05) is 11.9 Å². The molecule has 1 aromatic carbocycles. The van der Waals surface area contributed by atoms with Crippen molar-refractivity contribution in [1.82, 2.24) is 14.1 Å². The van der Waals surface area contributed by atoms with Crippen LogP contribution in [0.3, 0.4) is 0 Å². The van der Waals surface area contributed by atoms with Crippen molar-refractivity contribution in [1.29, 1.82) is 0 Å². The first-order chi connectivity index (χ1) is 11.8. The lowest BCUT2D eigenvalue weighted by Crippen LogP contribution is -2.43. The van der Waals surface area contributed by atoms with Gasteiger partial charge >= 0.3 is 0 Å². The summed E-state index contributed by atoms with van der Waals surface area (Å²) in [5, 5.41) is 6.88. The van der Waals surface area contributed by atoms with Gasteiger partial charge < -0.3 is 5.32 Å². The quantitative estimate of drug-likeness (QED) is 0.892. The topological polar surface area (TPSA) is 84.3 Å². The van der Waals surface area contributed by atoms with Gasteiger partial charge in [-0.25, -0.2) is 12.8 Å². The zero-order valence-electron chi connectivity index (χ0n) is 13.9. The molecule has 1 aliphatic rings. The van der Waals surface area contributed by atoms with Crippen LogP contribution in [0.25, 0.3) is 0 Å². The maximum atomic E-state index is 13.1. The molecule has 2 heterocycles. The zero-order valence-corrected chi connectivity index (χ0v) is 14.8. The number of nitrogens with one attached hydrogen (secondary N) is 1. The number of rotatable bonds is 4. The van der Waals surface area contributed by atoms with Gasteiger partial charge in [-0.05, 0) is 44.0 Å². The summed E-state index contributed by atoms with van der Waals surface area (Å²) in [6.07, 6.45) is 1.02. The Labute approximate surface area is 145 Å². The van der Waals surface area contributed by atoms with E-state index in [1.165, 1.54) is 21.1 Å². The van der Waals surface area contributed by atoms with E-state index in [-0.39, 0.29) is 11.4 Å². The SMILES string of the molecule is Cc1cc(NC(=O)[C@H]2CCCN2S(=O)(=O)c2ccc(F)cc2)n(C)n1. The van der Waals surface area contributed by atoms with Crippen molar-refractivity contribution < 1.29 is 17.6 Å². The fraction of sp³-hybridized carbons (Fsp3) is 0.375. The molecule has 0 saturated carbocycles. The number of aromatic nitrogens is 2. The summed E-state index contributed by atoms with van der Waals surface area (Å²) in [6.45, 7) is 2.05. The van der Waals surface area contributed by atoms with Crippen molar-refractivity contribution in [3.05, 3.63) is 41.8 Å². The molecular formula is C16H19FN4O3S. The third-order valence-electron chi connectivity index (χ3n) is 4.18. The molecule has 2 aromatic rings. The standard InChI is InChI=1S/C16H19FN4O3S/c1-11-10-15(20(2)19-11)18-16(22)14-4-3-9-21(14)25(23,24)13-7-5-12(17)6-8-13/h5-8,10,14H,3-4,9H2,1-2H3,(H,18,22)/t14-/m1/s1. The number of aryl methyl sites for hydroxylation is 2. The largest absolute Gasteiger partial charge is 0.310 e. The summed E-state index contributed by atoms with van der Waals surface area (Å²) in [4.78, 5) is 12.6. The van der Waals surface area contributed by atoms with E-state index in [1.807, 2.05) is 0 Å². The molecule has 7 nitrogen and oxygen atoms in total. The lowest BCUT2D eigenvalue weighted by atomic mass is 10.2. The van der Waals surface area contributed by atoms with E-state index < -0.39 is 27.8 Å². The Morgan fingerprint density at radius 1 is 1.32 bits per heavy atom. The number of nitrogens with zero attached hydrogens (tertiary/aromatic N) is 3. The number of hydrogen-bond donors (Lipinski definition) is 1. The highest BCUT2D eigenvalue weighted by Gasteiger charge is 2.39. The molecule has 3 rings (SSSR count). The molecule has 1 N–H and O–H groups in total. The van der Waals surface area contributed by atoms with Crippen molar-refractivity contribution in [2.45, 2.75) is 30.7 Å². The molecule has 25 heavy (non-hydrogen) atoms. The summed E-state index contributed by atoms with van der Waals surface area (Å²) < 4.78 is 41.3. The predicted molar refractivity (Wildman–Crippen MR) is 89.9 cm³/mol. The van der Waals surface area contributed by atoms with Crippen LogP contribution in [0.5, 0.6) is 0 Å². The molecule has 0 radical (unpaired) electrons. The maximum absolute atomic E-state index is 13.1. The van der Waals surface area contributed by atoms with Gasteiger partial charge in [0.25, 0.3) is 0 Å². The van der Waals surface area contributed by atoms with Crippen LogP contribution in [-0.4, -0.2) is 41.0 Å². The Bertz CT molecular complexity index is 893. The summed E-state index contributed by atoms with van der Waals surface area (Å²) >= 11 is 0. The molecule has 1 amide bonds. The molecule has 1 saturated heterocycles. The Morgan fingerprint density at radius 2 is 2.00 bits per heavy atom. The fourth-order valence-corrected chi connectivity index (χ4v) is 4.63. The van der Waals surface area contributed by atoms with E-state index in [4.69, 9.17) is 0 Å². The highest BCUT2D eigenvalue weighted by molar-refractivity contribution is 7.89. The summed E-state index contributed by atoms with van der Waals surface area (Å²) in [5.41, 5.74) is 0.750. The van der Waals surface area contributed by atoms with Crippen LogP contribution in [0.15, 0.2) is 35.2 Å². The van der Waals surface area contributed by atoms with Crippen LogP contribution in [0, 0.1) is 12.7 Å². The van der Waals surface area contributed by atoms with Crippen LogP contribution < -0.4 is 5.32 Å². The van der Waals surface area contributed by atoms with Gasteiger partial charge in [-0.2, -0.15) is 9.40 Å². The summed E-state index contributed by atoms with van der Waals surface area (Å²) in [5.74, 6) is -0.402. The third kappa shape index (κ3) is 3.42. The molecule has 134 valence electrons. The number of carbonyl (C=O) groups excluding carboxylic acids is 1. The highest BCUT2D eigenvalue weighted by atomic mass is 32.2. The Hall–Kier alpha value is -2.26. The number of sulfonamides is 1. The van der Waals surface area contributed by atoms with Gasteiger partial charge in [0.1, 0.15) is 17.7 Å². The normalized spacial score (nSPS) is 18.4. The van der Waals surface area contributed by atoms with Crippen molar-refractivity contribution in [3.8, 4) is 0 Å². The molecule has 0 bridgehead atoms. The molecule has 9 heteroatoms. The molecule has 1 atom stereocenters. The van der Waals surface area contributed by atoms with Gasteiger partial charge in [-0.3, -0.25) is 9.48 Å². The summed E-state index contributed by atoms with van der Waals surface area (Å²) in [6, 6.07) is 5.52. The van der Waals surface area contributed by atoms with Gasteiger partial charge in [-0.1, -0.05) is 0 Å². The first-order valence-electron chi connectivity index (χ1n) is 7.88. The molecular weight excluding hydrogens is 347 g/mol. The number of carbonyl (C=O) groups is 1. The van der Waals surface area contributed by atoms with E-state index in [2.05, 4.69) is 10.4 Å². The van der Waals surface area contributed by atoms with Crippen LogP contribution >= 0.6 is 0 Å². The molecule has 0 spiro atoms. The average Bonchev–Trinajstić information content (AvgIpc) is 3.15. The van der Waals surface area contributed by atoms with E-state index in [0.717, 1.165) is 17.8 Å². The molecule has 1 fully saturated rings. The van der Waals surface area contributed by atoms with Crippen molar-refractivity contribution >= 4 is 21.7 Å². The Kier molecular flexibility index (Phi) is 4.61. The van der Waals surface area contributed by atoms with E-state index in [0.29, 0.717) is 18.7 Å².